The van der Waals surface area contributed by atoms with Crippen molar-refractivity contribution >= 4 is 28.9 Å². The van der Waals surface area contributed by atoms with Gasteiger partial charge in [-0.1, -0.05) is 25.1 Å². The van der Waals surface area contributed by atoms with Crippen LogP contribution in [0, 0.1) is 0 Å². The van der Waals surface area contributed by atoms with Gasteiger partial charge in [0.05, 0.1) is 22.9 Å². The van der Waals surface area contributed by atoms with Gasteiger partial charge in [0.2, 0.25) is 0 Å². The zero-order chi connectivity index (χ0) is 23.3. The van der Waals surface area contributed by atoms with Crippen LogP contribution in [0.15, 0.2) is 70.7 Å². The predicted molar refractivity (Wildman–Crippen MR) is 138 cm³/mol. The Hall–Kier alpha value is -3.32. The van der Waals surface area contributed by atoms with E-state index in [1.165, 1.54) is 18.2 Å². The lowest BCUT2D eigenvalue weighted by Gasteiger charge is -2.27. The maximum Gasteiger partial charge on any atom is 0.286 e. The third kappa shape index (κ3) is 4.94. The van der Waals surface area contributed by atoms with Crippen LogP contribution in [0.3, 0.4) is 0 Å². The van der Waals surface area contributed by atoms with Crippen LogP contribution in [0.25, 0.3) is 23.0 Å². The van der Waals surface area contributed by atoms with Gasteiger partial charge in [-0.25, -0.2) is 4.68 Å². The largest absolute Gasteiger partial charge is 0.494 e. The number of aliphatic imine (C=N–C) groups is 1. The van der Waals surface area contributed by atoms with Crippen LogP contribution in [0.5, 0.6) is 5.75 Å². The standard InChI is InChI=1S/C27H28N4O2S/c1-2-17-33-23-13-11-20(12-14-23)25-21(19-31(29-25)22-9-5-3-6-10-22)18-24-26(32)28-27(34-24)30-15-7-4-8-16-30/h3,5-6,9-14,18-19H,2,4,7-8,15-17H2,1H3/b24-18-. The summed E-state index contributed by atoms with van der Waals surface area (Å²) in [4.78, 5) is 20.0. The highest BCUT2D eigenvalue weighted by Crippen LogP contribution is 2.34. The Morgan fingerprint density at radius 3 is 2.53 bits per heavy atom. The number of thioether (sulfide) groups is 1. The van der Waals surface area contributed by atoms with Gasteiger partial charge in [0, 0.05) is 30.4 Å². The van der Waals surface area contributed by atoms with Gasteiger partial charge in [0.25, 0.3) is 5.91 Å². The molecule has 3 heterocycles. The van der Waals surface area contributed by atoms with Crippen molar-refractivity contribution in [1.29, 1.82) is 0 Å². The molecule has 0 radical (unpaired) electrons. The van der Waals surface area contributed by atoms with E-state index in [4.69, 9.17) is 9.84 Å². The molecule has 2 aliphatic heterocycles. The Labute approximate surface area is 204 Å². The number of rotatable bonds is 6. The van der Waals surface area contributed by atoms with Crippen molar-refractivity contribution in [2.45, 2.75) is 32.6 Å². The number of benzene rings is 2. The number of ether oxygens (including phenoxy) is 1. The number of carbonyl (C=O) groups excluding carboxylic acids is 1. The average Bonchev–Trinajstić information content (AvgIpc) is 3.48. The zero-order valence-electron chi connectivity index (χ0n) is 19.3. The van der Waals surface area contributed by atoms with Crippen LogP contribution in [-0.2, 0) is 4.79 Å². The molecule has 0 aliphatic carbocycles. The second kappa shape index (κ2) is 10.3. The highest BCUT2D eigenvalue weighted by Gasteiger charge is 2.27. The van der Waals surface area contributed by atoms with Gasteiger partial charge in [-0.3, -0.25) is 4.79 Å². The number of hydrogen-bond acceptors (Lipinski definition) is 5. The van der Waals surface area contributed by atoms with Crippen molar-refractivity contribution in [2.75, 3.05) is 19.7 Å². The first kappa shape index (κ1) is 22.5. The zero-order valence-corrected chi connectivity index (χ0v) is 20.1. The smallest absolute Gasteiger partial charge is 0.286 e. The normalized spacial score (nSPS) is 17.3. The summed E-state index contributed by atoms with van der Waals surface area (Å²) < 4.78 is 7.60. The molecular formula is C27H28N4O2S. The molecule has 1 amide bonds. The molecule has 0 unspecified atom stereocenters. The summed E-state index contributed by atoms with van der Waals surface area (Å²) in [6.07, 6.45) is 8.42. The number of hydrogen-bond donors (Lipinski definition) is 0. The molecule has 174 valence electrons. The van der Waals surface area contributed by atoms with Crippen molar-refractivity contribution in [1.82, 2.24) is 14.7 Å². The first-order valence-electron chi connectivity index (χ1n) is 11.9. The Bertz CT molecular complexity index is 1210. The number of piperidine rings is 1. The summed E-state index contributed by atoms with van der Waals surface area (Å²) in [5, 5.41) is 5.71. The van der Waals surface area contributed by atoms with E-state index in [-0.39, 0.29) is 5.91 Å². The fourth-order valence-electron chi connectivity index (χ4n) is 4.12. The second-order valence-electron chi connectivity index (χ2n) is 8.44. The molecule has 0 saturated carbocycles. The van der Waals surface area contributed by atoms with E-state index in [2.05, 4.69) is 16.8 Å². The van der Waals surface area contributed by atoms with E-state index in [1.807, 2.05) is 71.6 Å². The molecule has 6 nitrogen and oxygen atoms in total. The molecule has 0 spiro atoms. The topological polar surface area (TPSA) is 59.7 Å². The minimum Gasteiger partial charge on any atom is -0.494 e. The molecule has 3 aromatic rings. The monoisotopic (exact) mass is 472 g/mol. The SMILES string of the molecule is CCCOc1ccc(-c2nn(-c3ccccc3)cc2/C=C2\SC(N3CCCCC3)=NC2=O)cc1. The molecule has 5 rings (SSSR count). The fourth-order valence-corrected chi connectivity index (χ4v) is 5.07. The molecule has 7 heteroatoms. The number of likely N-dealkylation sites (tertiary alicyclic amines) is 1. The van der Waals surface area contributed by atoms with Crippen LogP contribution in [-0.4, -0.2) is 45.5 Å². The molecular weight excluding hydrogens is 444 g/mol. The van der Waals surface area contributed by atoms with Crippen molar-refractivity contribution in [3.05, 3.63) is 71.3 Å². The third-order valence-electron chi connectivity index (χ3n) is 5.89. The van der Waals surface area contributed by atoms with Crippen molar-refractivity contribution in [3.8, 4) is 22.7 Å². The lowest BCUT2D eigenvalue weighted by Crippen LogP contribution is -2.33. The Morgan fingerprint density at radius 2 is 1.79 bits per heavy atom. The third-order valence-corrected chi connectivity index (χ3v) is 6.93. The highest BCUT2D eigenvalue weighted by atomic mass is 32.2. The summed E-state index contributed by atoms with van der Waals surface area (Å²) in [7, 11) is 0. The van der Waals surface area contributed by atoms with E-state index in [1.54, 1.807) is 0 Å². The molecule has 2 aromatic carbocycles. The van der Waals surface area contributed by atoms with Crippen LogP contribution >= 0.6 is 11.8 Å². The van der Waals surface area contributed by atoms with Gasteiger partial charge in [0.15, 0.2) is 5.17 Å². The minimum absolute atomic E-state index is 0.174. The minimum atomic E-state index is -0.174. The molecule has 1 saturated heterocycles. The van der Waals surface area contributed by atoms with Crippen LogP contribution in [0.1, 0.15) is 38.2 Å². The maximum atomic E-state index is 12.8. The molecule has 1 fully saturated rings. The van der Waals surface area contributed by atoms with Gasteiger partial charge in [-0.2, -0.15) is 10.1 Å². The van der Waals surface area contributed by atoms with E-state index < -0.39 is 0 Å². The number of amides is 1. The fraction of sp³-hybridized carbons (Fsp3) is 0.296. The van der Waals surface area contributed by atoms with Gasteiger partial charge >= 0.3 is 0 Å². The number of para-hydroxylation sites is 1. The Balaban J connectivity index is 1.47. The van der Waals surface area contributed by atoms with Crippen LogP contribution in [0.4, 0.5) is 0 Å². The Morgan fingerprint density at radius 1 is 1.03 bits per heavy atom. The molecule has 1 aromatic heterocycles. The summed E-state index contributed by atoms with van der Waals surface area (Å²) in [6, 6.07) is 18.0. The van der Waals surface area contributed by atoms with E-state index in [0.717, 1.165) is 65.8 Å². The quantitative estimate of drug-likeness (QED) is 0.425. The molecule has 34 heavy (non-hydrogen) atoms. The summed E-state index contributed by atoms with van der Waals surface area (Å²) in [5.41, 5.74) is 3.64. The highest BCUT2D eigenvalue weighted by molar-refractivity contribution is 8.18. The number of carbonyl (C=O) groups is 1. The number of nitrogens with zero attached hydrogens (tertiary/aromatic N) is 4. The Kier molecular flexibility index (Phi) is 6.81. The summed E-state index contributed by atoms with van der Waals surface area (Å²) in [5.74, 6) is 0.668. The molecule has 0 N–H and O–H groups in total. The lowest BCUT2D eigenvalue weighted by molar-refractivity contribution is -0.113. The van der Waals surface area contributed by atoms with Crippen LogP contribution < -0.4 is 4.74 Å². The first-order chi connectivity index (χ1) is 16.7. The van der Waals surface area contributed by atoms with E-state index >= 15 is 0 Å². The maximum absolute atomic E-state index is 12.8. The van der Waals surface area contributed by atoms with Crippen molar-refractivity contribution in [2.24, 2.45) is 4.99 Å². The van der Waals surface area contributed by atoms with Crippen molar-refractivity contribution in [3.63, 3.8) is 0 Å². The molecule has 0 atom stereocenters. The van der Waals surface area contributed by atoms with Gasteiger partial charge in [0.1, 0.15) is 5.75 Å². The van der Waals surface area contributed by atoms with Gasteiger partial charge in [-0.15, -0.1) is 0 Å². The predicted octanol–water partition coefficient (Wildman–Crippen LogP) is 5.78. The molecule has 2 aliphatic rings. The second-order valence-corrected chi connectivity index (χ2v) is 9.45. The van der Waals surface area contributed by atoms with Crippen molar-refractivity contribution < 1.29 is 9.53 Å². The summed E-state index contributed by atoms with van der Waals surface area (Å²) in [6.45, 7) is 4.72. The van der Waals surface area contributed by atoms with E-state index in [9.17, 15) is 4.79 Å². The van der Waals surface area contributed by atoms with Gasteiger partial charge < -0.3 is 9.64 Å². The van der Waals surface area contributed by atoms with Gasteiger partial charge in [-0.05, 0) is 79.9 Å². The van der Waals surface area contributed by atoms with Crippen LogP contribution in [0.2, 0.25) is 0 Å². The average molecular weight is 473 g/mol. The summed E-state index contributed by atoms with van der Waals surface area (Å²) >= 11 is 1.47. The first-order valence-corrected chi connectivity index (χ1v) is 12.7. The lowest BCUT2D eigenvalue weighted by atomic mass is 10.1. The number of amidine groups is 1. The van der Waals surface area contributed by atoms with E-state index in [0.29, 0.717) is 11.5 Å². The molecule has 0 bridgehead atoms. The number of aromatic nitrogens is 2.